The summed E-state index contributed by atoms with van der Waals surface area (Å²) in [5.74, 6) is 0. The Balaban J connectivity index is 1.90. The van der Waals surface area contributed by atoms with Crippen LogP contribution in [-0.2, 0) is 0 Å². The second-order valence-corrected chi connectivity index (χ2v) is 5.98. The minimum atomic E-state index is 0.907. The zero-order valence-corrected chi connectivity index (χ0v) is 13.9. The van der Waals surface area contributed by atoms with Gasteiger partial charge in [-0.1, -0.05) is 35.9 Å². The summed E-state index contributed by atoms with van der Waals surface area (Å²) < 4.78 is 0. The fourth-order valence-corrected chi connectivity index (χ4v) is 2.77. The predicted molar refractivity (Wildman–Crippen MR) is 101 cm³/mol. The minimum absolute atomic E-state index is 0.907. The van der Waals surface area contributed by atoms with Gasteiger partial charge >= 0.3 is 0 Å². The molecule has 25 heavy (non-hydrogen) atoms. The summed E-state index contributed by atoms with van der Waals surface area (Å²) in [6.07, 6.45) is 7.28. The molecule has 0 atom stereocenters. The minimum Gasteiger partial charge on any atom is -0.264 e. The van der Waals surface area contributed by atoms with Gasteiger partial charge in [0.25, 0.3) is 0 Å². The van der Waals surface area contributed by atoms with E-state index in [0.29, 0.717) is 0 Å². The molecule has 0 amide bonds. The third-order valence-corrected chi connectivity index (χ3v) is 4.12. The molecule has 0 spiro atoms. The van der Waals surface area contributed by atoms with E-state index in [4.69, 9.17) is 4.98 Å². The fourth-order valence-electron chi connectivity index (χ4n) is 2.77. The highest BCUT2D eigenvalue weighted by molar-refractivity contribution is 5.76. The number of hydrogen-bond donors (Lipinski definition) is 0. The zero-order valence-electron chi connectivity index (χ0n) is 13.9. The Morgan fingerprint density at radius 3 is 1.80 bits per heavy atom. The van der Waals surface area contributed by atoms with Gasteiger partial charge in [0.2, 0.25) is 0 Å². The number of hydrogen-bond acceptors (Lipinski definition) is 3. The molecule has 0 saturated heterocycles. The smallest absolute Gasteiger partial charge is 0.0731 e. The normalized spacial score (nSPS) is 10.6. The maximum Gasteiger partial charge on any atom is 0.0731 e. The highest BCUT2D eigenvalue weighted by atomic mass is 14.7. The molecule has 3 heteroatoms. The van der Waals surface area contributed by atoms with E-state index in [9.17, 15) is 0 Å². The molecule has 0 bridgehead atoms. The standard InChI is InChI=1S/C22H17N3/c1-16-6-8-17(9-7-16)21-12-20(18-4-2-10-23-14-18)13-22(25-21)19-5-3-11-24-15-19/h2-15H,1H3. The molecule has 0 unspecified atom stereocenters. The second-order valence-electron chi connectivity index (χ2n) is 5.98. The number of rotatable bonds is 3. The average Bonchev–Trinajstić information content (AvgIpc) is 2.69. The van der Waals surface area contributed by atoms with E-state index >= 15 is 0 Å². The highest BCUT2D eigenvalue weighted by Gasteiger charge is 2.09. The molecular weight excluding hydrogens is 306 g/mol. The summed E-state index contributed by atoms with van der Waals surface area (Å²) in [6, 6.07) is 20.6. The third kappa shape index (κ3) is 3.31. The quantitative estimate of drug-likeness (QED) is 0.521. The molecule has 0 aliphatic carbocycles. The molecule has 4 rings (SSSR count). The van der Waals surface area contributed by atoms with Crippen LogP contribution in [0, 0.1) is 6.92 Å². The molecule has 3 heterocycles. The second kappa shape index (κ2) is 6.65. The van der Waals surface area contributed by atoms with E-state index in [1.807, 2.05) is 30.6 Å². The van der Waals surface area contributed by atoms with E-state index in [-0.39, 0.29) is 0 Å². The van der Waals surface area contributed by atoms with Gasteiger partial charge in [0.15, 0.2) is 0 Å². The van der Waals surface area contributed by atoms with Crippen LogP contribution in [0.15, 0.2) is 85.5 Å². The molecule has 0 aliphatic rings. The molecule has 3 aromatic heterocycles. The van der Waals surface area contributed by atoms with Gasteiger partial charge in [0.05, 0.1) is 11.4 Å². The summed E-state index contributed by atoms with van der Waals surface area (Å²) >= 11 is 0. The van der Waals surface area contributed by atoms with Crippen LogP contribution in [0.25, 0.3) is 33.6 Å². The lowest BCUT2D eigenvalue weighted by Gasteiger charge is -2.10. The maximum absolute atomic E-state index is 4.87. The van der Waals surface area contributed by atoms with Crippen LogP contribution >= 0.6 is 0 Å². The summed E-state index contributed by atoms with van der Waals surface area (Å²) in [5, 5.41) is 0. The van der Waals surface area contributed by atoms with Crippen LogP contribution in [0.5, 0.6) is 0 Å². The van der Waals surface area contributed by atoms with E-state index in [2.05, 4.69) is 59.4 Å². The van der Waals surface area contributed by atoms with Crippen molar-refractivity contribution in [1.82, 2.24) is 15.0 Å². The fraction of sp³-hybridized carbons (Fsp3) is 0.0455. The Hall–Kier alpha value is -3.33. The monoisotopic (exact) mass is 323 g/mol. The first kappa shape index (κ1) is 15.2. The first-order valence-electron chi connectivity index (χ1n) is 8.19. The van der Waals surface area contributed by atoms with Gasteiger partial charge in [-0.05, 0) is 42.8 Å². The van der Waals surface area contributed by atoms with Gasteiger partial charge < -0.3 is 0 Å². The van der Waals surface area contributed by atoms with Crippen molar-refractivity contribution in [2.24, 2.45) is 0 Å². The van der Waals surface area contributed by atoms with E-state index in [1.54, 1.807) is 12.4 Å². The van der Waals surface area contributed by atoms with Gasteiger partial charge in [-0.15, -0.1) is 0 Å². The lowest BCUT2D eigenvalue weighted by molar-refractivity contribution is 1.27. The van der Waals surface area contributed by atoms with Crippen molar-refractivity contribution in [3.63, 3.8) is 0 Å². The van der Waals surface area contributed by atoms with Crippen molar-refractivity contribution < 1.29 is 0 Å². The Morgan fingerprint density at radius 2 is 1.20 bits per heavy atom. The molecular formula is C22H17N3. The van der Waals surface area contributed by atoms with Gasteiger partial charge in [-0.2, -0.15) is 0 Å². The molecule has 4 aromatic rings. The molecule has 0 aliphatic heterocycles. The molecule has 0 fully saturated rings. The largest absolute Gasteiger partial charge is 0.264 e. The first-order valence-corrected chi connectivity index (χ1v) is 8.19. The summed E-state index contributed by atoms with van der Waals surface area (Å²) in [6.45, 7) is 2.09. The molecule has 0 N–H and O–H groups in total. The van der Waals surface area contributed by atoms with Gasteiger partial charge in [0, 0.05) is 41.5 Å². The zero-order chi connectivity index (χ0) is 17.1. The summed E-state index contributed by atoms with van der Waals surface area (Å²) in [7, 11) is 0. The Bertz CT molecular complexity index is 921. The number of pyridine rings is 3. The van der Waals surface area contributed by atoms with Gasteiger partial charge in [-0.25, -0.2) is 4.98 Å². The maximum atomic E-state index is 4.87. The molecule has 0 saturated carbocycles. The number of nitrogens with zero attached hydrogens (tertiary/aromatic N) is 3. The van der Waals surface area contributed by atoms with Gasteiger partial charge in [0.1, 0.15) is 0 Å². The average molecular weight is 323 g/mol. The number of benzene rings is 1. The summed E-state index contributed by atoms with van der Waals surface area (Å²) in [5.41, 5.74) is 7.36. The topological polar surface area (TPSA) is 38.7 Å². The van der Waals surface area contributed by atoms with Crippen LogP contribution in [0.4, 0.5) is 0 Å². The van der Waals surface area contributed by atoms with E-state index < -0.39 is 0 Å². The van der Waals surface area contributed by atoms with E-state index in [1.165, 1.54) is 5.56 Å². The molecule has 3 nitrogen and oxygen atoms in total. The summed E-state index contributed by atoms with van der Waals surface area (Å²) in [4.78, 5) is 13.3. The van der Waals surface area contributed by atoms with E-state index in [0.717, 1.165) is 33.6 Å². The van der Waals surface area contributed by atoms with Crippen LogP contribution in [0.2, 0.25) is 0 Å². The van der Waals surface area contributed by atoms with Crippen LogP contribution in [-0.4, -0.2) is 15.0 Å². The number of aryl methyl sites for hydroxylation is 1. The molecule has 120 valence electrons. The SMILES string of the molecule is Cc1ccc(-c2cc(-c3cccnc3)cc(-c3cccnc3)n2)cc1. The van der Waals surface area contributed by atoms with Crippen molar-refractivity contribution in [1.29, 1.82) is 0 Å². The first-order chi connectivity index (χ1) is 12.3. The van der Waals surface area contributed by atoms with Crippen LogP contribution < -0.4 is 0 Å². The van der Waals surface area contributed by atoms with Gasteiger partial charge in [-0.3, -0.25) is 9.97 Å². The van der Waals surface area contributed by atoms with Crippen molar-refractivity contribution in [3.05, 3.63) is 91.0 Å². The van der Waals surface area contributed by atoms with Crippen molar-refractivity contribution in [2.45, 2.75) is 6.92 Å². The van der Waals surface area contributed by atoms with Crippen molar-refractivity contribution in [2.75, 3.05) is 0 Å². The Kier molecular flexibility index (Phi) is 4.05. The predicted octanol–water partition coefficient (Wildman–Crippen LogP) is 5.18. The lowest BCUT2D eigenvalue weighted by atomic mass is 10.0. The molecule has 1 aromatic carbocycles. The van der Waals surface area contributed by atoms with Crippen molar-refractivity contribution >= 4 is 0 Å². The van der Waals surface area contributed by atoms with Crippen LogP contribution in [0.1, 0.15) is 5.56 Å². The lowest BCUT2D eigenvalue weighted by Crippen LogP contribution is -1.92. The van der Waals surface area contributed by atoms with Crippen molar-refractivity contribution in [3.8, 4) is 33.6 Å². The third-order valence-electron chi connectivity index (χ3n) is 4.12. The van der Waals surface area contributed by atoms with Crippen LogP contribution in [0.3, 0.4) is 0 Å². The number of aromatic nitrogens is 3. The Labute approximate surface area is 147 Å². The molecule has 0 radical (unpaired) electrons. The Morgan fingerprint density at radius 1 is 0.600 bits per heavy atom. The highest BCUT2D eigenvalue weighted by Crippen LogP contribution is 2.29.